The number of fused-ring (bicyclic) bond motifs is 5. The molecule has 0 amide bonds. The first-order valence-electron chi connectivity index (χ1n) is 7.52. The van der Waals surface area contributed by atoms with Crippen molar-refractivity contribution in [3.63, 3.8) is 0 Å². The van der Waals surface area contributed by atoms with E-state index in [1.54, 1.807) is 6.07 Å². The molecule has 1 aromatic carbocycles. The van der Waals surface area contributed by atoms with Crippen LogP contribution in [0.4, 0.5) is 4.39 Å². The van der Waals surface area contributed by atoms with E-state index < -0.39 is 0 Å². The van der Waals surface area contributed by atoms with Gasteiger partial charge in [0.2, 0.25) is 0 Å². The van der Waals surface area contributed by atoms with Crippen LogP contribution in [0.25, 0.3) is 0 Å². The molecule has 1 aromatic rings. The summed E-state index contributed by atoms with van der Waals surface area (Å²) >= 11 is 0. The Morgan fingerprint density at radius 1 is 1.11 bits per heavy atom. The SMILES string of the molecule is CC12CC3c4cc(F)ccc4C4CC(N)(C1)CC34C2. The first-order valence-corrected chi connectivity index (χ1v) is 7.52. The van der Waals surface area contributed by atoms with Gasteiger partial charge in [-0.25, -0.2) is 4.39 Å². The van der Waals surface area contributed by atoms with Gasteiger partial charge in [-0.1, -0.05) is 13.0 Å². The van der Waals surface area contributed by atoms with Gasteiger partial charge in [-0.2, -0.15) is 0 Å². The fraction of sp³-hybridized carbons (Fsp3) is 0.647. The van der Waals surface area contributed by atoms with Gasteiger partial charge >= 0.3 is 0 Å². The average Bonchev–Trinajstić information content (AvgIpc) is 2.75. The summed E-state index contributed by atoms with van der Waals surface area (Å²) in [5.41, 5.74) is 10.3. The molecule has 4 aliphatic rings. The first-order chi connectivity index (χ1) is 8.93. The quantitative estimate of drug-likeness (QED) is 0.753. The van der Waals surface area contributed by atoms with Crippen molar-refractivity contribution in [3.8, 4) is 0 Å². The Kier molecular flexibility index (Phi) is 1.58. The molecule has 0 saturated heterocycles. The largest absolute Gasteiger partial charge is 0.325 e. The minimum atomic E-state index is -0.0688. The van der Waals surface area contributed by atoms with E-state index in [0.717, 1.165) is 6.42 Å². The van der Waals surface area contributed by atoms with Gasteiger partial charge < -0.3 is 5.73 Å². The number of hydrogen-bond donors (Lipinski definition) is 1. The Morgan fingerprint density at radius 2 is 1.89 bits per heavy atom. The standard InChI is InChI=1S/C17H20FN/c1-15-5-13-12-4-10(18)2-3-11(12)14-6-16(19,7-15)9-17(13,14)8-15/h2-4,13-14H,5-9,19H2,1H3. The van der Waals surface area contributed by atoms with Crippen LogP contribution in [-0.2, 0) is 0 Å². The van der Waals surface area contributed by atoms with E-state index >= 15 is 0 Å². The second kappa shape index (κ2) is 2.76. The monoisotopic (exact) mass is 257 g/mol. The van der Waals surface area contributed by atoms with Crippen LogP contribution in [0.15, 0.2) is 18.2 Å². The lowest BCUT2D eigenvalue weighted by Crippen LogP contribution is -2.45. The zero-order valence-corrected chi connectivity index (χ0v) is 11.4. The van der Waals surface area contributed by atoms with E-state index in [0.29, 0.717) is 22.7 Å². The number of halogens is 1. The lowest BCUT2D eigenvalue weighted by atomic mass is 9.66. The van der Waals surface area contributed by atoms with Gasteiger partial charge in [0.15, 0.2) is 0 Å². The predicted molar refractivity (Wildman–Crippen MR) is 72.4 cm³/mol. The topological polar surface area (TPSA) is 26.0 Å². The van der Waals surface area contributed by atoms with Crippen LogP contribution in [0.1, 0.15) is 62.0 Å². The van der Waals surface area contributed by atoms with Gasteiger partial charge in [-0.3, -0.25) is 0 Å². The van der Waals surface area contributed by atoms with Crippen molar-refractivity contribution in [2.75, 3.05) is 0 Å². The zero-order chi connectivity index (χ0) is 13.0. The van der Waals surface area contributed by atoms with Crippen molar-refractivity contribution in [2.24, 2.45) is 16.6 Å². The Morgan fingerprint density at radius 3 is 2.74 bits per heavy atom. The highest BCUT2D eigenvalue weighted by atomic mass is 19.1. The summed E-state index contributed by atoms with van der Waals surface area (Å²) in [5.74, 6) is 1.10. The van der Waals surface area contributed by atoms with E-state index in [1.807, 2.05) is 12.1 Å². The molecule has 19 heavy (non-hydrogen) atoms. The summed E-state index contributed by atoms with van der Waals surface area (Å²) in [6, 6.07) is 5.50. The summed E-state index contributed by atoms with van der Waals surface area (Å²) in [7, 11) is 0. The van der Waals surface area contributed by atoms with Crippen LogP contribution >= 0.6 is 0 Å². The van der Waals surface area contributed by atoms with Gasteiger partial charge in [0.1, 0.15) is 5.82 Å². The van der Waals surface area contributed by atoms with Gasteiger partial charge in [0.25, 0.3) is 0 Å². The van der Waals surface area contributed by atoms with E-state index in [9.17, 15) is 4.39 Å². The normalized spacial score (nSPS) is 52.6. The highest BCUT2D eigenvalue weighted by Crippen LogP contribution is 2.79. The molecule has 5 atom stereocenters. The fourth-order valence-electron chi connectivity index (χ4n) is 6.82. The summed E-state index contributed by atoms with van der Waals surface area (Å²) in [5, 5.41) is 0. The maximum absolute atomic E-state index is 13.6. The minimum absolute atomic E-state index is 0.0541. The van der Waals surface area contributed by atoms with Gasteiger partial charge in [-0.05, 0) is 78.0 Å². The second-order valence-corrected chi connectivity index (χ2v) is 8.22. The fourth-order valence-corrected chi connectivity index (χ4v) is 6.82. The third-order valence-corrected chi connectivity index (χ3v) is 6.71. The van der Waals surface area contributed by atoms with Crippen LogP contribution in [0, 0.1) is 16.6 Å². The number of benzene rings is 1. The number of nitrogens with two attached hydrogens (primary N) is 1. The molecule has 0 aromatic heterocycles. The highest BCUT2D eigenvalue weighted by molar-refractivity contribution is 5.49. The summed E-state index contributed by atoms with van der Waals surface area (Å²) < 4.78 is 13.6. The molecule has 100 valence electrons. The van der Waals surface area contributed by atoms with Crippen LogP contribution in [0.5, 0.6) is 0 Å². The lowest BCUT2D eigenvalue weighted by molar-refractivity contribution is 0.133. The molecular formula is C17H20FN. The van der Waals surface area contributed by atoms with Crippen LogP contribution in [0.2, 0.25) is 0 Å². The molecule has 3 fully saturated rings. The molecule has 3 saturated carbocycles. The van der Waals surface area contributed by atoms with Gasteiger partial charge in [0, 0.05) is 5.54 Å². The third-order valence-electron chi connectivity index (χ3n) is 6.71. The number of hydrogen-bond acceptors (Lipinski definition) is 1. The highest BCUT2D eigenvalue weighted by Gasteiger charge is 2.71. The van der Waals surface area contributed by atoms with Crippen molar-refractivity contribution in [1.82, 2.24) is 0 Å². The van der Waals surface area contributed by atoms with Crippen LogP contribution < -0.4 is 5.73 Å². The molecule has 4 aliphatic carbocycles. The van der Waals surface area contributed by atoms with Gasteiger partial charge in [-0.15, -0.1) is 0 Å². The van der Waals surface area contributed by atoms with E-state index in [4.69, 9.17) is 5.73 Å². The molecule has 5 unspecified atom stereocenters. The van der Waals surface area contributed by atoms with Crippen LogP contribution in [0.3, 0.4) is 0 Å². The van der Waals surface area contributed by atoms with Crippen molar-refractivity contribution < 1.29 is 4.39 Å². The van der Waals surface area contributed by atoms with Crippen molar-refractivity contribution in [1.29, 1.82) is 0 Å². The molecule has 1 spiro atoms. The Bertz CT molecular complexity index is 607. The number of rotatable bonds is 0. The Hall–Kier alpha value is -0.890. The van der Waals surface area contributed by atoms with Crippen molar-refractivity contribution in [3.05, 3.63) is 35.1 Å². The molecule has 0 aliphatic heterocycles. The third kappa shape index (κ3) is 1.08. The lowest BCUT2D eigenvalue weighted by Gasteiger charge is -2.41. The minimum Gasteiger partial charge on any atom is -0.325 e. The molecular weight excluding hydrogens is 237 g/mol. The van der Waals surface area contributed by atoms with Crippen molar-refractivity contribution >= 4 is 0 Å². The second-order valence-electron chi connectivity index (χ2n) is 8.22. The van der Waals surface area contributed by atoms with E-state index in [1.165, 1.54) is 36.8 Å². The average molecular weight is 257 g/mol. The summed E-state index contributed by atoms with van der Waals surface area (Å²) in [6.07, 6.45) is 5.99. The Balaban J connectivity index is 1.79. The molecule has 5 rings (SSSR count). The molecule has 3 bridgehead atoms. The van der Waals surface area contributed by atoms with E-state index in [2.05, 4.69) is 6.92 Å². The summed E-state index contributed by atoms with van der Waals surface area (Å²) in [6.45, 7) is 2.41. The van der Waals surface area contributed by atoms with Gasteiger partial charge in [0.05, 0.1) is 0 Å². The smallest absolute Gasteiger partial charge is 0.123 e. The first kappa shape index (κ1) is 10.8. The zero-order valence-electron chi connectivity index (χ0n) is 11.4. The molecule has 2 N–H and O–H groups in total. The van der Waals surface area contributed by atoms with Crippen LogP contribution in [-0.4, -0.2) is 5.54 Å². The predicted octanol–water partition coefficient (Wildman–Crippen LogP) is 3.69. The molecule has 2 heteroatoms. The Labute approximate surface area is 113 Å². The molecule has 0 radical (unpaired) electrons. The molecule has 0 heterocycles. The molecule has 1 nitrogen and oxygen atoms in total. The maximum atomic E-state index is 13.6. The van der Waals surface area contributed by atoms with E-state index in [-0.39, 0.29) is 11.4 Å². The maximum Gasteiger partial charge on any atom is 0.123 e. The summed E-state index contributed by atoms with van der Waals surface area (Å²) in [4.78, 5) is 0. The van der Waals surface area contributed by atoms with Crippen molar-refractivity contribution in [2.45, 2.75) is 56.4 Å².